The molecule has 1 aromatic carbocycles. The van der Waals surface area contributed by atoms with E-state index in [1.54, 1.807) is 6.20 Å². The quantitative estimate of drug-likeness (QED) is 0.768. The molecule has 0 unspecified atom stereocenters. The predicted octanol–water partition coefficient (Wildman–Crippen LogP) is 2.86. The van der Waals surface area contributed by atoms with Crippen molar-refractivity contribution in [2.24, 2.45) is 0 Å². The molecule has 0 spiro atoms. The van der Waals surface area contributed by atoms with Crippen molar-refractivity contribution in [2.75, 3.05) is 13.1 Å². The molecule has 0 N–H and O–H groups in total. The predicted molar refractivity (Wildman–Crippen MR) is 71.5 cm³/mol. The van der Waals surface area contributed by atoms with Gasteiger partial charge in [-0.1, -0.05) is 12.1 Å². The van der Waals surface area contributed by atoms with Gasteiger partial charge in [-0.2, -0.15) is 0 Å². The van der Waals surface area contributed by atoms with Crippen molar-refractivity contribution < 1.29 is 4.79 Å². The molecule has 0 atom stereocenters. The van der Waals surface area contributed by atoms with Crippen LogP contribution in [-0.2, 0) is 0 Å². The first kappa shape index (κ1) is 11.2. The Labute approximate surface area is 106 Å². The third kappa shape index (κ3) is 1.96. The number of hydrogen-bond acceptors (Lipinski definition) is 2. The summed E-state index contributed by atoms with van der Waals surface area (Å²) in [5.74, 6) is 0.147. The summed E-state index contributed by atoms with van der Waals surface area (Å²) in [5.41, 5.74) is 1.67. The number of carbonyl (C=O) groups excluding carboxylic acids is 1. The maximum atomic E-state index is 12.5. The Hall–Kier alpha value is -1.90. The first-order valence-corrected chi connectivity index (χ1v) is 6.49. The minimum atomic E-state index is 0.147. The lowest BCUT2D eigenvalue weighted by Gasteiger charge is -2.27. The summed E-state index contributed by atoms with van der Waals surface area (Å²) in [6.45, 7) is 1.77. The molecule has 92 valence electrons. The van der Waals surface area contributed by atoms with Crippen LogP contribution in [0, 0.1) is 0 Å². The molecule has 2 heterocycles. The summed E-state index contributed by atoms with van der Waals surface area (Å²) in [6, 6.07) is 9.62. The van der Waals surface area contributed by atoms with Gasteiger partial charge >= 0.3 is 0 Å². The number of aromatic nitrogens is 1. The number of benzene rings is 1. The number of piperidine rings is 1. The second-order valence-electron chi connectivity index (χ2n) is 4.73. The van der Waals surface area contributed by atoms with E-state index in [0.29, 0.717) is 0 Å². The molecule has 1 amide bonds. The van der Waals surface area contributed by atoms with Gasteiger partial charge in [0.15, 0.2) is 0 Å². The van der Waals surface area contributed by atoms with Crippen molar-refractivity contribution in [1.82, 2.24) is 9.88 Å². The van der Waals surface area contributed by atoms with E-state index in [4.69, 9.17) is 0 Å². The van der Waals surface area contributed by atoms with Crippen LogP contribution in [-0.4, -0.2) is 28.9 Å². The van der Waals surface area contributed by atoms with E-state index in [2.05, 4.69) is 4.98 Å². The zero-order chi connectivity index (χ0) is 12.4. The first-order chi connectivity index (χ1) is 8.86. The number of likely N-dealkylation sites (tertiary alicyclic amines) is 1. The highest BCUT2D eigenvalue weighted by Crippen LogP contribution is 2.20. The zero-order valence-electron chi connectivity index (χ0n) is 10.3. The molecule has 1 aliphatic heterocycles. The fourth-order valence-corrected chi connectivity index (χ4v) is 2.56. The van der Waals surface area contributed by atoms with Crippen molar-refractivity contribution >= 4 is 16.8 Å². The summed E-state index contributed by atoms with van der Waals surface area (Å²) in [4.78, 5) is 18.8. The topological polar surface area (TPSA) is 33.2 Å². The fraction of sp³-hybridized carbons (Fsp3) is 0.333. The van der Waals surface area contributed by atoms with Gasteiger partial charge in [0.1, 0.15) is 0 Å². The monoisotopic (exact) mass is 240 g/mol. The molecule has 3 nitrogen and oxygen atoms in total. The highest BCUT2D eigenvalue weighted by Gasteiger charge is 2.19. The summed E-state index contributed by atoms with van der Waals surface area (Å²) >= 11 is 0. The third-order valence-electron chi connectivity index (χ3n) is 3.52. The lowest BCUT2D eigenvalue weighted by atomic mass is 10.1. The number of pyridine rings is 1. The molecule has 3 rings (SSSR count). The van der Waals surface area contributed by atoms with E-state index in [1.165, 1.54) is 6.42 Å². The standard InChI is InChI=1S/C15H16N2O/c18-15(17-10-2-1-3-11-17)13-6-4-8-14-12(13)7-5-9-16-14/h4-9H,1-3,10-11H2. The molecular weight excluding hydrogens is 224 g/mol. The summed E-state index contributed by atoms with van der Waals surface area (Å²) in [5, 5.41) is 0.954. The minimum Gasteiger partial charge on any atom is -0.339 e. The molecular formula is C15H16N2O. The Bertz CT molecular complexity index is 568. The Morgan fingerprint density at radius 2 is 1.89 bits per heavy atom. The molecule has 2 aromatic rings. The van der Waals surface area contributed by atoms with Crippen molar-refractivity contribution in [3.8, 4) is 0 Å². The summed E-state index contributed by atoms with van der Waals surface area (Å²) in [6.07, 6.45) is 5.24. The molecule has 18 heavy (non-hydrogen) atoms. The van der Waals surface area contributed by atoms with Crippen molar-refractivity contribution in [1.29, 1.82) is 0 Å². The van der Waals surface area contributed by atoms with Gasteiger partial charge in [0.25, 0.3) is 5.91 Å². The molecule has 1 saturated heterocycles. The fourth-order valence-electron chi connectivity index (χ4n) is 2.56. The Morgan fingerprint density at radius 1 is 1.06 bits per heavy atom. The normalized spacial score (nSPS) is 15.9. The van der Waals surface area contributed by atoms with E-state index in [0.717, 1.165) is 42.4 Å². The summed E-state index contributed by atoms with van der Waals surface area (Å²) in [7, 11) is 0. The average Bonchev–Trinajstić information content (AvgIpc) is 2.47. The number of carbonyl (C=O) groups is 1. The van der Waals surface area contributed by atoms with Gasteiger partial charge in [-0.25, -0.2) is 0 Å². The van der Waals surface area contributed by atoms with Crippen LogP contribution in [0.2, 0.25) is 0 Å². The van der Waals surface area contributed by atoms with Crippen LogP contribution >= 0.6 is 0 Å². The second kappa shape index (κ2) is 4.77. The smallest absolute Gasteiger partial charge is 0.254 e. The molecule has 0 radical (unpaired) electrons. The third-order valence-corrected chi connectivity index (χ3v) is 3.52. The van der Waals surface area contributed by atoms with Gasteiger partial charge in [-0.3, -0.25) is 9.78 Å². The minimum absolute atomic E-state index is 0.147. The largest absolute Gasteiger partial charge is 0.339 e. The van der Waals surface area contributed by atoms with Crippen LogP contribution in [0.1, 0.15) is 29.6 Å². The number of hydrogen-bond donors (Lipinski definition) is 0. The highest BCUT2D eigenvalue weighted by molar-refractivity contribution is 6.06. The maximum Gasteiger partial charge on any atom is 0.254 e. The van der Waals surface area contributed by atoms with Gasteiger partial charge in [-0.05, 0) is 37.5 Å². The summed E-state index contributed by atoms with van der Waals surface area (Å²) < 4.78 is 0. The number of rotatable bonds is 1. The van der Waals surface area contributed by atoms with E-state index < -0.39 is 0 Å². The van der Waals surface area contributed by atoms with E-state index >= 15 is 0 Å². The molecule has 1 fully saturated rings. The maximum absolute atomic E-state index is 12.5. The van der Waals surface area contributed by atoms with Gasteiger partial charge < -0.3 is 4.90 Å². The SMILES string of the molecule is O=C(c1cccc2ncccc12)N1CCCCC1. The number of nitrogens with zero attached hydrogens (tertiary/aromatic N) is 2. The zero-order valence-corrected chi connectivity index (χ0v) is 10.3. The van der Waals surface area contributed by atoms with Crippen LogP contribution in [0.4, 0.5) is 0 Å². The second-order valence-corrected chi connectivity index (χ2v) is 4.73. The van der Waals surface area contributed by atoms with Crippen LogP contribution in [0.5, 0.6) is 0 Å². The molecule has 0 aliphatic carbocycles. The average molecular weight is 240 g/mol. The van der Waals surface area contributed by atoms with Crippen LogP contribution in [0.15, 0.2) is 36.5 Å². The van der Waals surface area contributed by atoms with Crippen LogP contribution < -0.4 is 0 Å². The number of amides is 1. The Balaban J connectivity index is 2.00. The van der Waals surface area contributed by atoms with Crippen LogP contribution in [0.3, 0.4) is 0 Å². The lowest BCUT2D eigenvalue weighted by Crippen LogP contribution is -2.35. The Kier molecular flexibility index (Phi) is 2.97. The van der Waals surface area contributed by atoms with Crippen LogP contribution in [0.25, 0.3) is 10.9 Å². The van der Waals surface area contributed by atoms with E-state index in [1.807, 2.05) is 35.2 Å². The van der Waals surface area contributed by atoms with Gasteiger partial charge in [-0.15, -0.1) is 0 Å². The van der Waals surface area contributed by atoms with E-state index in [-0.39, 0.29) is 5.91 Å². The van der Waals surface area contributed by atoms with E-state index in [9.17, 15) is 4.79 Å². The Morgan fingerprint density at radius 3 is 2.72 bits per heavy atom. The van der Waals surface area contributed by atoms with Gasteiger partial charge in [0, 0.05) is 30.2 Å². The molecule has 0 bridgehead atoms. The lowest BCUT2D eigenvalue weighted by molar-refractivity contribution is 0.0726. The van der Waals surface area contributed by atoms with Gasteiger partial charge in [0.05, 0.1) is 5.52 Å². The number of fused-ring (bicyclic) bond motifs is 1. The molecule has 1 aromatic heterocycles. The molecule has 0 saturated carbocycles. The van der Waals surface area contributed by atoms with Gasteiger partial charge in [0.2, 0.25) is 0 Å². The van der Waals surface area contributed by atoms with Crippen molar-refractivity contribution in [2.45, 2.75) is 19.3 Å². The first-order valence-electron chi connectivity index (χ1n) is 6.49. The van der Waals surface area contributed by atoms with Crippen molar-refractivity contribution in [3.63, 3.8) is 0 Å². The highest BCUT2D eigenvalue weighted by atomic mass is 16.2. The van der Waals surface area contributed by atoms with Crippen molar-refractivity contribution in [3.05, 3.63) is 42.1 Å². The molecule has 3 heteroatoms. The molecule has 1 aliphatic rings.